The Bertz CT molecular complexity index is 557. The fraction of sp³-hybridized carbons (Fsp3) is 0.579. The molecule has 7 heteroatoms. The number of carbonyl (C=O) groups excluding carboxylic acids is 2. The molecule has 1 saturated heterocycles. The lowest BCUT2D eigenvalue weighted by Gasteiger charge is -2.37. The van der Waals surface area contributed by atoms with Gasteiger partial charge < -0.3 is 20.7 Å². The minimum atomic E-state index is -0.223. The molecular formula is C19H30ClN3O3. The second-order valence-corrected chi connectivity index (χ2v) is 6.90. The molecule has 1 fully saturated rings. The van der Waals surface area contributed by atoms with Gasteiger partial charge in [0.1, 0.15) is 0 Å². The summed E-state index contributed by atoms with van der Waals surface area (Å²) in [6.45, 7) is 5.00. The predicted octanol–water partition coefficient (Wildman–Crippen LogP) is 1.75. The van der Waals surface area contributed by atoms with Crippen molar-refractivity contribution in [3.05, 3.63) is 35.9 Å². The third-order valence-corrected chi connectivity index (χ3v) is 4.68. The first-order valence-corrected chi connectivity index (χ1v) is 8.87. The Labute approximate surface area is 161 Å². The molecule has 1 aliphatic heterocycles. The lowest BCUT2D eigenvalue weighted by atomic mass is 9.79. The highest BCUT2D eigenvalue weighted by Crippen LogP contribution is 2.28. The standard InChI is InChI=1S/C19H29N3O3.ClH/c1-15(22-18(24)16-6-4-3-5-7-16)12-17(23)21-13-19(14-25-2)8-10-20-11-9-19;/h3-7,15,20H,8-14H2,1-2H3,(H,21,23)(H,22,24);1H. The van der Waals surface area contributed by atoms with Crippen molar-refractivity contribution >= 4 is 24.2 Å². The number of halogens is 1. The van der Waals surface area contributed by atoms with Crippen LogP contribution in [0.5, 0.6) is 0 Å². The number of nitrogens with one attached hydrogen (secondary N) is 3. The molecule has 1 aromatic rings. The van der Waals surface area contributed by atoms with E-state index in [1.165, 1.54) is 0 Å². The fourth-order valence-corrected chi connectivity index (χ4v) is 3.22. The van der Waals surface area contributed by atoms with Gasteiger partial charge in [-0.3, -0.25) is 9.59 Å². The number of carbonyl (C=O) groups is 2. The Morgan fingerprint density at radius 3 is 2.50 bits per heavy atom. The van der Waals surface area contributed by atoms with Crippen LogP contribution in [0.3, 0.4) is 0 Å². The van der Waals surface area contributed by atoms with Gasteiger partial charge >= 0.3 is 0 Å². The molecule has 2 amide bonds. The maximum Gasteiger partial charge on any atom is 0.251 e. The molecule has 1 atom stereocenters. The van der Waals surface area contributed by atoms with E-state index in [1.54, 1.807) is 19.2 Å². The lowest BCUT2D eigenvalue weighted by molar-refractivity contribution is -0.122. The zero-order chi connectivity index (χ0) is 18.1. The van der Waals surface area contributed by atoms with Crippen molar-refractivity contribution in [1.29, 1.82) is 0 Å². The van der Waals surface area contributed by atoms with E-state index in [9.17, 15) is 9.59 Å². The monoisotopic (exact) mass is 383 g/mol. The molecule has 0 saturated carbocycles. The maximum absolute atomic E-state index is 12.2. The summed E-state index contributed by atoms with van der Waals surface area (Å²) in [7, 11) is 1.70. The van der Waals surface area contributed by atoms with E-state index in [0.29, 0.717) is 18.7 Å². The van der Waals surface area contributed by atoms with Gasteiger partial charge in [0.25, 0.3) is 5.91 Å². The number of piperidine rings is 1. The zero-order valence-electron chi connectivity index (χ0n) is 15.5. The molecule has 2 rings (SSSR count). The molecule has 0 spiro atoms. The lowest BCUT2D eigenvalue weighted by Crippen LogP contribution is -2.48. The summed E-state index contributed by atoms with van der Waals surface area (Å²) >= 11 is 0. The number of benzene rings is 1. The summed E-state index contributed by atoms with van der Waals surface area (Å²) in [5.74, 6) is -0.204. The Hall–Kier alpha value is -1.63. The van der Waals surface area contributed by atoms with Gasteiger partial charge in [-0.25, -0.2) is 0 Å². The predicted molar refractivity (Wildman–Crippen MR) is 105 cm³/mol. The van der Waals surface area contributed by atoms with E-state index >= 15 is 0 Å². The van der Waals surface area contributed by atoms with Crippen LogP contribution in [0.4, 0.5) is 0 Å². The maximum atomic E-state index is 12.2. The van der Waals surface area contributed by atoms with Gasteiger partial charge in [-0.1, -0.05) is 18.2 Å². The molecule has 1 aliphatic rings. The summed E-state index contributed by atoms with van der Waals surface area (Å²) in [5.41, 5.74) is 0.607. The number of rotatable bonds is 8. The van der Waals surface area contributed by atoms with Crippen LogP contribution in [0.1, 0.15) is 36.5 Å². The molecule has 1 unspecified atom stereocenters. The average molecular weight is 384 g/mol. The fourth-order valence-electron chi connectivity index (χ4n) is 3.22. The van der Waals surface area contributed by atoms with E-state index < -0.39 is 0 Å². The first-order valence-electron chi connectivity index (χ1n) is 8.87. The van der Waals surface area contributed by atoms with Crippen molar-refractivity contribution in [2.45, 2.75) is 32.2 Å². The van der Waals surface area contributed by atoms with Crippen LogP contribution in [-0.4, -0.2) is 51.2 Å². The molecule has 146 valence electrons. The minimum Gasteiger partial charge on any atom is -0.384 e. The molecule has 0 aromatic heterocycles. The number of hydrogen-bond acceptors (Lipinski definition) is 4. The Morgan fingerprint density at radius 2 is 1.88 bits per heavy atom. The third-order valence-electron chi connectivity index (χ3n) is 4.68. The van der Waals surface area contributed by atoms with Gasteiger partial charge in [0.05, 0.1) is 6.61 Å². The number of amides is 2. The normalized spacial score (nSPS) is 16.8. The minimum absolute atomic E-state index is 0. The zero-order valence-corrected chi connectivity index (χ0v) is 16.4. The first kappa shape index (κ1) is 22.4. The van der Waals surface area contributed by atoms with Gasteiger partial charge in [0.15, 0.2) is 0 Å². The summed E-state index contributed by atoms with van der Waals surface area (Å²) in [4.78, 5) is 24.4. The van der Waals surface area contributed by atoms with Crippen LogP contribution >= 0.6 is 12.4 Å². The van der Waals surface area contributed by atoms with Gasteiger partial charge in [0.2, 0.25) is 5.91 Å². The third kappa shape index (κ3) is 6.94. The highest BCUT2D eigenvalue weighted by molar-refractivity contribution is 5.94. The molecule has 26 heavy (non-hydrogen) atoms. The molecule has 1 heterocycles. The van der Waals surface area contributed by atoms with Crippen LogP contribution in [0.15, 0.2) is 30.3 Å². The SMILES string of the molecule is COCC1(CNC(=O)CC(C)NC(=O)c2ccccc2)CCNCC1.Cl. The molecule has 0 bridgehead atoms. The topological polar surface area (TPSA) is 79.5 Å². The number of hydrogen-bond donors (Lipinski definition) is 3. The van der Waals surface area contributed by atoms with Crippen LogP contribution in [-0.2, 0) is 9.53 Å². The number of ether oxygens (including phenoxy) is 1. The van der Waals surface area contributed by atoms with E-state index in [4.69, 9.17) is 4.74 Å². The van der Waals surface area contributed by atoms with E-state index in [-0.39, 0.29) is 42.1 Å². The van der Waals surface area contributed by atoms with Crippen LogP contribution < -0.4 is 16.0 Å². The smallest absolute Gasteiger partial charge is 0.251 e. The van der Waals surface area contributed by atoms with Crippen molar-refractivity contribution in [1.82, 2.24) is 16.0 Å². The van der Waals surface area contributed by atoms with Gasteiger partial charge in [0, 0.05) is 37.1 Å². The van der Waals surface area contributed by atoms with Gasteiger partial charge in [-0.05, 0) is 45.0 Å². The van der Waals surface area contributed by atoms with Crippen LogP contribution in [0.2, 0.25) is 0 Å². The van der Waals surface area contributed by atoms with Crippen LogP contribution in [0.25, 0.3) is 0 Å². The summed E-state index contributed by atoms with van der Waals surface area (Å²) < 4.78 is 5.36. The van der Waals surface area contributed by atoms with Crippen molar-refractivity contribution in [2.24, 2.45) is 5.41 Å². The Morgan fingerprint density at radius 1 is 1.23 bits per heavy atom. The Balaban J connectivity index is 0.00000338. The highest BCUT2D eigenvalue weighted by atomic mass is 35.5. The molecule has 3 N–H and O–H groups in total. The molecule has 0 radical (unpaired) electrons. The van der Waals surface area contributed by atoms with E-state index in [0.717, 1.165) is 25.9 Å². The van der Waals surface area contributed by atoms with Gasteiger partial charge in [-0.15, -0.1) is 12.4 Å². The molecule has 6 nitrogen and oxygen atoms in total. The van der Waals surface area contributed by atoms with Gasteiger partial charge in [-0.2, -0.15) is 0 Å². The number of methoxy groups -OCH3 is 1. The van der Waals surface area contributed by atoms with Crippen LogP contribution in [0, 0.1) is 5.41 Å². The quantitative estimate of drug-likeness (QED) is 0.639. The van der Waals surface area contributed by atoms with Crippen molar-refractivity contribution in [2.75, 3.05) is 33.4 Å². The van der Waals surface area contributed by atoms with Crippen molar-refractivity contribution in [3.63, 3.8) is 0 Å². The summed E-state index contributed by atoms with van der Waals surface area (Å²) in [5, 5.41) is 9.23. The second-order valence-electron chi connectivity index (χ2n) is 6.90. The summed E-state index contributed by atoms with van der Waals surface area (Å²) in [6.07, 6.45) is 2.24. The molecule has 1 aromatic carbocycles. The second kappa shape index (κ2) is 11.2. The van der Waals surface area contributed by atoms with Crippen molar-refractivity contribution in [3.8, 4) is 0 Å². The largest absolute Gasteiger partial charge is 0.384 e. The van der Waals surface area contributed by atoms with E-state index in [2.05, 4.69) is 16.0 Å². The highest BCUT2D eigenvalue weighted by Gasteiger charge is 2.32. The van der Waals surface area contributed by atoms with Crippen molar-refractivity contribution < 1.29 is 14.3 Å². The first-order chi connectivity index (χ1) is 12.0. The molecular weight excluding hydrogens is 354 g/mol. The molecule has 0 aliphatic carbocycles. The Kier molecular flexibility index (Phi) is 9.62. The average Bonchev–Trinajstić information content (AvgIpc) is 2.62. The summed E-state index contributed by atoms with van der Waals surface area (Å²) in [6, 6.07) is 8.80. The van der Waals surface area contributed by atoms with E-state index in [1.807, 2.05) is 25.1 Å².